The molecule has 2 aliphatic heterocycles. The lowest BCUT2D eigenvalue weighted by atomic mass is 10.2. The minimum absolute atomic E-state index is 0.0891. The van der Waals surface area contributed by atoms with Gasteiger partial charge in [0.1, 0.15) is 17.5 Å². The lowest BCUT2D eigenvalue weighted by Crippen LogP contribution is -2.48. The van der Waals surface area contributed by atoms with Crippen molar-refractivity contribution in [1.82, 2.24) is 15.0 Å². The molecule has 2 saturated heterocycles. The second-order valence-electron chi connectivity index (χ2n) is 9.02. The van der Waals surface area contributed by atoms with Gasteiger partial charge in [-0.25, -0.2) is 13.8 Å². The highest BCUT2D eigenvalue weighted by Crippen LogP contribution is 2.36. The van der Waals surface area contributed by atoms with Crippen LogP contribution in [0.5, 0.6) is 0 Å². The van der Waals surface area contributed by atoms with Crippen LogP contribution < -0.4 is 20.0 Å². The minimum Gasteiger partial charge on any atom is -0.378 e. The fourth-order valence-electron chi connectivity index (χ4n) is 4.54. The molecule has 202 valence electrons. The molecule has 0 bridgehead atoms. The van der Waals surface area contributed by atoms with Gasteiger partial charge in [-0.2, -0.15) is 23.1 Å². The maximum absolute atomic E-state index is 13.8. The molecular weight excluding hydrogens is 509 g/mol. The SMILES string of the molecule is Cc1c(Nc2ccc(F)c(F)c2)nc(N2CCOCC2)nc1N1CCN(c2ncccc2C(F)(F)F)CC1. The molecule has 1 aromatic carbocycles. The summed E-state index contributed by atoms with van der Waals surface area (Å²) in [6.07, 6.45) is -3.15. The summed E-state index contributed by atoms with van der Waals surface area (Å²) in [5.74, 6) is -0.542. The molecule has 2 aromatic heterocycles. The average molecular weight is 536 g/mol. The molecule has 0 spiro atoms. The normalized spacial score (nSPS) is 16.6. The summed E-state index contributed by atoms with van der Waals surface area (Å²) >= 11 is 0. The summed E-state index contributed by atoms with van der Waals surface area (Å²) in [5.41, 5.74) is 0.234. The predicted octanol–water partition coefficient (Wildman–Crippen LogP) is 4.38. The largest absolute Gasteiger partial charge is 0.419 e. The summed E-state index contributed by atoms with van der Waals surface area (Å²) in [7, 11) is 0. The number of pyridine rings is 1. The van der Waals surface area contributed by atoms with Gasteiger partial charge in [-0.3, -0.25) is 0 Å². The van der Waals surface area contributed by atoms with Crippen LogP contribution in [0.4, 0.5) is 51.0 Å². The van der Waals surface area contributed by atoms with Gasteiger partial charge in [-0.1, -0.05) is 0 Å². The van der Waals surface area contributed by atoms with Crippen LogP contribution in [0.2, 0.25) is 0 Å². The molecule has 38 heavy (non-hydrogen) atoms. The van der Waals surface area contributed by atoms with E-state index in [9.17, 15) is 22.0 Å². The molecule has 0 atom stereocenters. The first kappa shape index (κ1) is 25.9. The van der Waals surface area contributed by atoms with Crippen LogP contribution in [0.25, 0.3) is 0 Å². The van der Waals surface area contributed by atoms with Gasteiger partial charge < -0.3 is 24.8 Å². The number of ether oxygens (including phenoxy) is 1. The molecule has 2 aliphatic rings. The maximum Gasteiger partial charge on any atom is 0.419 e. The average Bonchev–Trinajstić information content (AvgIpc) is 2.92. The Hall–Kier alpha value is -3.74. The zero-order chi connectivity index (χ0) is 26.9. The van der Waals surface area contributed by atoms with Gasteiger partial charge >= 0.3 is 6.18 Å². The Bertz CT molecular complexity index is 1290. The van der Waals surface area contributed by atoms with Crippen LogP contribution in [0.15, 0.2) is 36.5 Å². The number of piperazine rings is 1. The van der Waals surface area contributed by atoms with Gasteiger partial charge in [0.15, 0.2) is 11.6 Å². The summed E-state index contributed by atoms with van der Waals surface area (Å²) < 4.78 is 73.3. The number of alkyl halides is 3. The van der Waals surface area contributed by atoms with Crippen molar-refractivity contribution in [2.75, 3.05) is 72.5 Å². The number of hydrogen-bond donors (Lipinski definition) is 1. The molecular formula is C25H26F5N7O. The van der Waals surface area contributed by atoms with Crippen molar-refractivity contribution >= 4 is 29.1 Å². The van der Waals surface area contributed by atoms with Crippen molar-refractivity contribution in [3.63, 3.8) is 0 Å². The number of nitrogens with zero attached hydrogens (tertiary/aromatic N) is 6. The first-order valence-corrected chi connectivity index (χ1v) is 12.2. The summed E-state index contributed by atoms with van der Waals surface area (Å²) in [6, 6.07) is 5.81. The molecule has 0 amide bonds. The van der Waals surface area contributed by atoms with Crippen molar-refractivity contribution < 1.29 is 26.7 Å². The summed E-state index contributed by atoms with van der Waals surface area (Å²) in [6.45, 7) is 5.43. The Morgan fingerprint density at radius 1 is 0.842 bits per heavy atom. The Morgan fingerprint density at radius 3 is 2.18 bits per heavy atom. The third-order valence-electron chi connectivity index (χ3n) is 6.56. The number of aromatic nitrogens is 3. The highest BCUT2D eigenvalue weighted by Gasteiger charge is 2.36. The van der Waals surface area contributed by atoms with Gasteiger partial charge in [0.2, 0.25) is 5.95 Å². The van der Waals surface area contributed by atoms with E-state index in [2.05, 4.69) is 15.3 Å². The smallest absolute Gasteiger partial charge is 0.378 e. The van der Waals surface area contributed by atoms with E-state index in [-0.39, 0.29) is 5.82 Å². The van der Waals surface area contributed by atoms with Crippen molar-refractivity contribution in [3.8, 4) is 0 Å². The number of anilines is 5. The van der Waals surface area contributed by atoms with E-state index < -0.39 is 23.4 Å². The number of nitrogens with one attached hydrogen (secondary N) is 1. The Balaban J connectivity index is 1.43. The van der Waals surface area contributed by atoms with Crippen LogP contribution in [-0.2, 0) is 10.9 Å². The number of benzene rings is 1. The van der Waals surface area contributed by atoms with Crippen LogP contribution in [-0.4, -0.2) is 67.4 Å². The number of hydrogen-bond acceptors (Lipinski definition) is 8. The quantitative estimate of drug-likeness (QED) is 0.483. The lowest BCUT2D eigenvalue weighted by Gasteiger charge is -2.38. The molecule has 5 rings (SSSR count). The van der Waals surface area contributed by atoms with Crippen LogP contribution in [0.3, 0.4) is 0 Å². The predicted molar refractivity (Wildman–Crippen MR) is 133 cm³/mol. The van der Waals surface area contributed by atoms with E-state index >= 15 is 0 Å². The Morgan fingerprint density at radius 2 is 1.53 bits per heavy atom. The topological polar surface area (TPSA) is 69.7 Å². The van der Waals surface area contributed by atoms with E-state index in [0.29, 0.717) is 81.3 Å². The van der Waals surface area contributed by atoms with E-state index in [4.69, 9.17) is 9.72 Å². The molecule has 0 aliphatic carbocycles. The molecule has 2 fully saturated rings. The molecule has 3 aromatic rings. The second kappa shape index (κ2) is 10.6. The second-order valence-corrected chi connectivity index (χ2v) is 9.02. The molecule has 1 N–H and O–H groups in total. The monoisotopic (exact) mass is 535 g/mol. The van der Waals surface area contributed by atoms with Gasteiger partial charge in [-0.05, 0) is 31.2 Å². The first-order valence-electron chi connectivity index (χ1n) is 12.2. The standard InChI is InChI=1S/C25H26F5N7O/c1-16-21(32-17-4-5-19(26)20(27)15-17)33-24(37-11-13-38-14-12-37)34-22(16)35-7-9-36(10-8-35)23-18(25(28,29)30)3-2-6-31-23/h2-6,15H,7-14H2,1H3,(H,32,33,34). The molecule has 0 radical (unpaired) electrons. The summed E-state index contributed by atoms with van der Waals surface area (Å²) in [4.78, 5) is 19.1. The highest BCUT2D eigenvalue weighted by atomic mass is 19.4. The van der Waals surface area contributed by atoms with Crippen LogP contribution in [0, 0.1) is 18.6 Å². The van der Waals surface area contributed by atoms with Crippen LogP contribution in [0.1, 0.15) is 11.1 Å². The van der Waals surface area contributed by atoms with Gasteiger partial charge in [0.05, 0.1) is 18.8 Å². The van der Waals surface area contributed by atoms with E-state index in [1.165, 1.54) is 18.3 Å². The van der Waals surface area contributed by atoms with Gasteiger partial charge in [0.25, 0.3) is 0 Å². The van der Waals surface area contributed by atoms with Crippen molar-refractivity contribution in [1.29, 1.82) is 0 Å². The Kier molecular flexibility index (Phi) is 7.19. The van der Waals surface area contributed by atoms with Gasteiger partial charge in [-0.15, -0.1) is 0 Å². The lowest BCUT2D eigenvalue weighted by molar-refractivity contribution is -0.137. The van der Waals surface area contributed by atoms with Gasteiger partial charge in [0, 0.05) is 62.8 Å². The Labute approximate surface area is 216 Å². The molecule has 0 saturated carbocycles. The maximum atomic E-state index is 13.8. The fraction of sp³-hybridized carbons (Fsp3) is 0.400. The third kappa shape index (κ3) is 5.42. The first-order chi connectivity index (χ1) is 18.2. The van der Waals surface area contributed by atoms with Crippen molar-refractivity contribution in [2.45, 2.75) is 13.1 Å². The minimum atomic E-state index is -4.50. The van der Waals surface area contributed by atoms with Crippen molar-refractivity contribution in [3.05, 3.63) is 59.3 Å². The third-order valence-corrected chi connectivity index (χ3v) is 6.56. The molecule has 0 unspecified atom stereocenters. The van der Waals surface area contributed by atoms with Crippen LogP contribution >= 0.6 is 0 Å². The van der Waals surface area contributed by atoms with E-state index in [0.717, 1.165) is 18.2 Å². The zero-order valence-electron chi connectivity index (χ0n) is 20.6. The molecule has 4 heterocycles. The number of morpholine rings is 1. The van der Waals surface area contributed by atoms with Crippen molar-refractivity contribution in [2.24, 2.45) is 0 Å². The zero-order valence-corrected chi connectivity index (χ0v) is 20.6. The molecule has 8 nitrogen and oxygen atoms in total. The summed E-state index contributed by atoms with van der Waals surface area (Å²) in [5, 5.41) is 3.07. The van der Waals surface area contributed by atoms with E-state index in [1.54, 1.807) is 4.90 Å². The molecule has 13 heteroatoms. The highest BCUT2D eigenvalue weighted by molar-refractivity contribution is 5.68. The fourth-order valence-corrected chi connectivity index (χ4v) is 4.54. The number of halogens is 5. The number of rotatable bonds is 5. The van der Waals surface area contributed by atoms with E-state index in [1.807, 2.05) is 16.7 Å².